The molecule has 0 bridgehead atoms. The van der Waals surface area contributed by atoms with Crippen LogP contribution < -0.4 is 14.8 Å². The smallest absolute Gasteiger partial charge is 0.416 e. The lowest BCUT2D eigenvalue weighted by Gasteiger charge is -2.20. The average molecular weight is 509 g/mol. The molecule has 35 heavy (non-hydrogen) atoms. The van der Waals surface area contributed by atoms with Crippen LogP contribution in [0.4, 0.5) is 18.9 Å². The number of carbonyl (C=O) groups excluding carboxylic acids is 1. The van der Waals surface area contributed by atoms with Crippen LogP contribution in [-0.4, -0.2) is 33.0 Å². The van der Waals surface area contributed by atoms with E-state index in [0.717, 1.165) is 17.9 Å². The Kier molecular flexibility index (Phi) is 8.31. The maximum Gasteiger partial charge on any atom is 0.416 e. The van der Waals surface area contributed by atoms with Gasteiger partial charge in [-0.25, -0.2) is 0 Å². The zero-order chi connectivity index (χ0) is 25.8. The summed E-state index contributed by atoms with van der Waals surface area (Å²) in [6.45, 7) is 7.51. The third-order valence-electron chi connectivity index (χ3n) is 5.07. The Morgan fingerprint density at radius 2 is 1.57 bits per heavy atom. The van der Waals surface area contributed by atoms with Gasteiger partial charge in [-0.1, -0.05) is 11.8 Å². The highest BCUT2D eigenvalue weighted by Crippen LogP contribution is 2.32. The van der Waals surface area contributed by atoms with E-state index in [1.807, 2.05) is 25.3 Å². The van der Waals surface area contributed by atoms with E-state index in [2.05, 4.69) is 15.5 Å². The normalized spacial score (nSPS) is 13.4. The Morgan fingerprint density at radius 3 is 2.11 bits per heavy atom. The number of hydrogen-bond acceptors (Lipinski definition) is 6. The SMILES string of the molecule is COc1ccc(OC(C)c2nnc(SC(C)C(=O)Nc3ccc(C(F)(F)F)cc3)n2C(C)C)cc1. The number of amides is 1. The van der Waals surface area contributed by atoms with Crippen LogP contribution >= 0.6 is 11.8 Å². The van der Waals surface area contributed by atoms with E-state index in [1.165, 1.54) is 23.9 Å². The summed E-state index contributed by atoms with van der Waals surface area (Å²) < 4.78 is 51.3. The number of anilines is 1. The molecular weight excluding hydrogens is 481 g/mol. The lowest BCUT2D eigenvalue weighted by atomic mass is 10.2. The molecule has 2 atom stereocenters. The molecule has 1 heterocycles. The van der Waals surface area contributed by atoms with E-state index < -0.39 is 23.1 Å². The second kappa shape index (κ2) is 11.0. The summed E-state index contributed by atoms with van der Waals surface area (Å²) in [6, 6.07) is 11.5. The molecule has 0 aliphatic heterocycles. The Labute approximate surface area is 206 Å². The van der Waals surface area contributed by atoms with E-state index in [-0.39, 0.29) is 17.6 Å². The molecule has 0 spiro atoms. The number of alkyl halides is 3. The zero-order valence-electron chi connectivity index (χ0n) is 20.0. The second-order valence-electron chi connectivity index (χ2n) is 8.06. The number of thioether (sulfide) groups is 1. The molecule has 0 saturated carbocycles. The number of rotatable bonds is 9. The summed E-state index contributed by atoms with van der Waals surface area (Å²) >= 11 is 1.21. The lowest BCUT2D eigenvalue weighted by Crippen LogP contribution is -2.23. The van der Waals surface area contributed by atoms with Gasteiger partial charge in [0.05, 0.1) is 17.9 Å². The van der Waals surface area contributed by atoms with Gasteiger partial charge in [0.25, 0.3) is 0 Å². The third-order valence-corrected chi connectivity index (χ3v) is 6.13. The zero-order valence-corrected chi connectivity index (χ0v) is 20.8. The van der Waals surface area contributed by atoms with Crippen molar-refractivity contribution in [1.29, 1.82) is 0 Å². The monoisotopic (exact) mass is 508 g/mol. The van der Waals surface area contributed by atoms with Crippen molar-refractivity contribution in [2.45, 2.75) is 56.4 Å². The van der Waals surface area contributed by atoms with Crippen molar-refractivity contribution >= 4 is 23.4 Å². The topological polar surface area (TPSA) is 78.3 Å². The molecule has 2 unspecified atom stereocenters. The molecule has 2 aromatic carbocycles. The highest BCUT2D eigenvalue weighted by atomic mass is 32.2. The van der Waals surface area contributed by atoms with E-state index in [9.17, 15) is 18.0 Å². The van der Waals surface area contributed by atoms with Crippen LogP contribution in [0.3, 0.4) is 0 Å². The maximum atomic E-state index is 12.7. The molecule has 0 aliphatic rings. The maximum absolute atomic E-state index is 12.7. The molecule has 0 saturated heterocycles. The van der Waals surface area contributed by atoms with Crippen LogP contribution in [0.1, 0.15) is 51.2 Å². The Morgan fingerprint density at radius 1 is 0.971 bits per heavy atom. The van der Waals surface area contributed by atoms with Gasteiger partial charge in [0, 0.05) is 11.7 Å². The van der Waals surface area contributed by atoms with Crippen LogP contribution in [0, 0.1) is 0 Å². The van der Waals surface area contributed by atoms with Crippen molar-refractivity contribution in [1.82, 2.24) is 14.8 Å². The average Bonchev–Trinajstić information content (AvgIpc) is 3.23. The minimum Gasteiger partial charge on any atom is -0.497 e. The number of ether oxygens (including phenoxy) is 2. The summed E-state index contributed by atoms with van der Waals surface area (Å²) in [6.07, 6.45) is -4.85. The van der Waals surface area contributed by atoms with Gasteiger partial charge in [-0.2, -0.15) is 13.2 Å². The molecule has 3 rings (SSSR count). The van der Waals surface area contributed by atoms with Crippen LogP contribution in [0.15, 0.2) is 53.7 Å². The molecular formula is C24H27F3N4O3S. The first-order valence-electron chi connectivity index (χ1n) is 10.9. The van der Waals surface area contributed by atoms with Crippen LogP contribution in [0.25, 0.3) is 0 Å². The van der Waals surface area contributed by atoms with Gasteiger partial charge in [0.2, 0.25) is 5.91 Å². The second-order valence-corrected chi connectivity index (χ2v) is 9.37. The number of hydrogen-bond donors (Lipinski definition) is 1. The van der Waals surface area contributed by atoms with Gasteiger partial charge in [0.1, 0.15) is 11.5 Å². The molecule has 1 N–H and O–H groups in total. The number of benzene rings is 2. The highest BCUT2D eigenvalue weighted by Gasteiger charge is 2.30. The van der Waals surface area contributed by atoms with Gasteiger partial charge >= 0.3 is 6.18 Å². The number of nitrogens with zero attached hydrogens (tertiary/aromatic N) is 3. The van der Waals surface area contributed by atoms with Gasteiger partial charge in [-0.15, -0.1) is 10.2 Å². The summed E-state index contributed by atoms with van der Waals surface area (Å²) in [5.41, 5.74) is -0.496. The summed E-state index contributed by atoms with van der Waals surface area (Å²) in [7, 11) is 1.59. The first-order valence-corrected chi connectivity index (χ1v) is 11.8. The predicted octanol–water partition coefficient (Wildman–Crippen LogP) is 6.15. The first-order chi connectivity index (χ1) is 16.5. The molecule has 3 aromatic rings. The lowest BCUT2D eigenvalue weighted by molar-refractivity contribution is -0.137. The Bertz CT molecular complexity index is 1130. The quantitative estimate of drug-likeness (QED) is 0.350. The van der Waals surface area contributed by atoms with Gasteiger partial charge in [0.15, 0.2) is 17.1 Å². The van der Waals surface area contributed by atoms with Crippen LogP contribution in [0.2, 0.25) is 0 Å². The minimum atomic E-state index is -4.43. The molecule has 0 fully saturated rings. The summed E-state index contributed by atoms with van der Waals surface area (Å²) in [4.78, 5) is 12.7. The van der Waals surface area contributed by atoms with E-state index >= 15 is 0 Å². The summed E-state index contributed by atoms with van der Waals surface area (Å²) in [5, 5.41) is 11.2. The Hall–Kier alpha value is -3.21. The van der Waals surface area contributed by atoms with E-state index in [0.29, 0.717) is 16.7 Å². The number of methoxy groups -OCH3 is 1. The fourth-order valence-electron chi connectivity index (χ4n) is 3.24. The number of carbonyl (C=O) groups is 1. The molecule has 1 amide bonds. The number of halogens is 3. The van der Waals surface area contributed by atoms with Crippen molar-refractivity contribution in [2.75, 3.05) is 12.4 Å². The molecule has 7 nitrogen and oxygen atoms in total. The molecule has 0 aliphatic carbocycles. The van der Waals surface area contributed by atoms with Crippen LogP contribution in [-0.2, 0) is 11.0 Å². The fraction of sp³-hybridized carbons (Fsp3) is 0.375. The van der Waals surface area contributed by atoms with Crippen molar-refractivity contribution in [2.24, 2.45) is 0 Å². The van der Waals surface area contributed by atoms with Crippen molar-refractivity contribution in [3.05, 3.63) is 59.9 Å². The number of aromatic nitrogens is 3. The van der Waals surface area contributed by atoms with Gasteiger partial charge in [-0.3, -0.25) is 4.79 Å². The molecule has 11 heteroatoms. The predicted molar refractivity (Wildman–Crippen MR) is 128 cm³/mol. The number of nitrogens with one attached hydrogen (secondary N) is 1. The van der Waals surface area contributed by atoms with Gasteiger partial charge < -0.3 is 19.4 Å². The van der Waals surface area contributed by atoms with E-state index in [4.69, 9.17) is 9.47 Å². The van der Waals surface area contributed by atoms with Crippen molar-refractivity contribution < 1.29 is 27.4 Å². The van der Waals surface area contributed by atoms with Crippen LogP contribution in [0.5, 0.6) is 11.5 Å². The standard InChI is InChI=1S/C24H27F3N4O3S/c1-14(2)31-21(15(3)34-20-12-10-19(33-5)11-13-20)29-30-23(31)35-16(4)22(32)28-18-8-6-17(7-9-18)24(25,26)27/h6-16H,1-5H3,(H,28,32). The minimum absolute atomic E-state index is 0.00501. The first kappa shape index (κ1) is 26.4. The van der Waals surface area contributed by atoms with Gasteiger partial charge in [-0.05, 0) is 76.2 Å². The molecule has 1 aromatic heterocycles. The highest BCUT2D eigenvalue weighted by molar-refractivity contribution is 8.00. The fourth-order valence-corrected chi connectivity index (χ4v) is 4.23. The van der Waals surface area contributed by atoms with E-state index in [1.54, 1.807) is 38.3 Å². The van der Waals surface area contributed by atoms with Crippen molar-refractivity contribution in [3.8, 4) is 11.5 Å². The summed E-state index contributed by atoms with van der Waals surface area (Å²) in [5.74, 6) is 1.61. The molecule has 188 valence electrons. The molecule has 0 radical (unpaired) electrons. The Balaban J connectivity index is 1.69. The van der Waals surface area contributed by atoms with Crippen molar-refractivity contribution in [3.63, 3.8) is 0 Å². The third kappa shape index (κ3) is 6.68. The largest absolute Gasteiger partial charge is 0.497 e.